The van der Waals surface area contributed by atoms with Crippen molar-refractivity contribution in [2.75, 3.05) is 11.5 Å². The molecule has 10 unspecified atom stereocenters. The summed E-state index contributed by atoms with van der Waals surface area (Å²) in [5.74, 6) is 3.60. The van der Waals surface area contributed by atoms with Crippen molar-refractivity contribution in [2.45, 2.75) is 195 Å². The van der Waals surface area contributed by atoms with E-state index in [0.717, 1.165) is 65.3 Å². The van der Waals surface area contributed by atoms with Crippen LogP contribution in [-0.4, -0.2) is 75.9 Å². The third kappa shape index (κ3) is 20.6. The highest BCUT2D eigenvalue weighted by Gasteiger charge is 2.43. The minimum absolute atomic E-state index is 0.166. The maximum Gasteiger partial charge on any atom is 0.310 e. The largest absolute Gasteiger partial charge is 0.427 e. The Morgan fingerprint density at radius 2 is 0.910 bits per heavy atom. The van der Waals surface area contributed by atoms with Crippen LogP contribution in [0.2, 0.25) is 0 Å². The second-order valence-electron chi connectivity index (χ2n) is 17.8. The molecule has 2 aromatic rings. The van der Waals surface area contributed by atoms with Crippen molar-refractivity contribution < 1.29 is 19.1 Å². The zero-order valence-electron chi connectivity index (χ0n) is 38.7. The lowest BCUT2D eigenvalue weighted by molar-refractivity contribution is -0.134. The average Bonchev–Trinajstić information content (AvgIpc) is 3.86. The lowest BCUT2D eigenvalue weighted by atomic mass is 10.0. The predicted octanol–water partition coefficient (Wildman–Crippen LogP) is 19.3. The van der Waals surface area contributed by atoms with Crippen LogP contribution < -0.4 is 9.47 Å². The Morgan fingerprint density at radius 3 is 1.42 bits per heavy atom. The van der Waals surface area contributed by atoms with Gasteiger partial charge in [-0.05, 0) is 139 Å². The highest BCUT2D eigenvalue weighted by atomic mass is 33.7. The van der Waals surface area contributed by atoms with Gasteiger partial charge < -0.3 is 9.47 Å². The molecule has 6 aliphatic rings. The first-order chi connectivity index (χ1) is 32.9. The standard InChI is InChI=1S/C48H68O4S15/c1-3-47(49)51-35-21-15-19-33(25-35)17-11-7-5-9-13-23-39-41-29-42(55-41)43(62-66-64-60-39)27-37-31-53-54-32-38(57-56-37)28-44-46-30-45(58-59-46)40(61-65-67-63-44)24-14-10-6-8-12-18-34-20-16-22-36(26-34)52-48(50)4-2/h15-16,19-22,25-26,37-46H,3-14,17-18,23-24,27-32H2,1-2H3. The molecule has 0 aromatic heterocycles. The molecule has 19 heteroatoms. The molecule has 6 saturated heterocycles. The molecule has 6 heterocycles. The molecule has 0 saturated carbocycles. The molecule has 0 amide bonds. The van der Waals surface area contributed by atoms with E-state index in [-0.39, 0.29) is 11.9 Å². The molecule has 6 fully saturated rings. The van der Waals surface area contributed by atoms with Gasteiger partial charge in [-0.25, -0.2) is 0 Å². The van der Waals surface area contributed by atoms with Gasteiger partial charge in [0.15, 0.2) is 0 Å². The van der Waals surface area contributed by atoms with E-state index in [4.69, 9.17) is 9.47 Å². The van der Waals surface area contributed by atoms with Gasteiger partial charge in [-0.15, -0.1) is 0 Å². The van der Waals surface area contributed by atoms with Crippen LogP contribution in [0.15, 0.2) is 48.5 Å². The van der Waals surface area contributed by atoms with Crippen molar-refractivity contribution >= 4 is 171 Å². The Bertz CT molecular complexity index is 1760. The van der Waals surface area contributed by atoms with Crippen molar-refractivity contribution in [3.8, 4) is 11.5 Å². The quantitative estimate of drug-likeness (QED) is 0.0433. The third-order valence-corrected chi connectivity index (χ3v) is 39.5. The molecular weight excluding hydrogens is 1120 g/mol. The van der Waals surface area contributed by atoms with Crippen LogP contribution in [0, 0.1) is 0 Å². The zero-order valence-corrected chi connectivity index (χ0v) is 51.0. The molecule has 4 nitrogen and oxygen atoms in total. The van der Waals surface area contributed by atoms with Gasteiger partial charge in [-0.2, -0.15) is 11.8 Å². The normalized spacial score (nSPS) is 29.1. The Kier molecular flexibility index (Phi) is 28.2. The molecule has 8 rings (SSSR count). The van der Waals surface area contributed by atoms with E-state index in [1.54, 1.807) is 0 Å². The summed E-state index contributed by atoms with van der Waals surface area (Å²) in [6.45, 7) is 3.67. The van der Waals surface area contributed by atoms with Gasteiger partial charge in [0.25, 0.3) is 0 Å². The van der Waals surface area contributed by atoms with Gasteiger partial charge in [0, 0.05) is 76.8 Å². The maximum atomic E-state index is 11.7. The summed E-state index contributed by atoms with van der Waals surface area (Å²) >= 11 is 2.35. The van der Waals surface area contributed by atoms with E-state index < -0.39 is 0 Å². The number of carbonyl (C=O) groups is 2. The first-order valence-electron chi connectivity index (χ1n) is 24.4. The van der Waals surface area contributed by atoms with E-state index >= 15 is 0 Å². The number of benzene rings is 2. The number of unbranched alkanes of at least 4 members (excludes halogenated alkanes) is 8. The van der Waals surface area contributed by atoms with Gasteiger partial charge in [-0.3, -0.25) is 9.59 Å². The average molecular weight is 1190 g/mol. The number of fused-ring (bicyclic) bond motifs is 7. The van der Waals surface area contributed by atoms with E-state index in [0.29, 0.717) is 24.3 Å². The number of hydrogen-bond acceptors (Lipinski definition) is 19. The predicted molar refractivity (Wildman–Crippen MR) is 327 cm³/mol. The second-order valence-corrected chi connectivity index (χ2v) is 40.0. The maximum absolute atomic E-state index is 11.7. The van der Waals surface area contributed by atoms with Crippen molar-refractivity contribution in [1.82, 2.24) is 0 Å². The van der Waals surface area contributed by atoms with Crippen LogP contribution >= 0.6 is 159 Å². The molecular formula is C48H68O4S15. The summed E-state index contributed by atoms with van der Waals surface area (Å²) in [6.07, 6.45) is 24.1. The summed E-state index contributed by atoms with van der Waals surface area (Å²) in [4.78, 5) is 23.4. The molecule has 0 aliphatic carbocycles. The van der Waals surface area contributed by atoms with Crippen molar-refractivity contribution in [3.63, 3.8) is 0 Å². The van der Waals surface area contributed by atoms with E-state index in [9.17, 15) is 9.59 Å². The van der Waals surface area contributed by atoms with Crippen LogP contribution in [0.3, 0.4) is 0 Å². The Labute approximate surface area is 462 Å². The molecule has 6 aliphatic heterocycles. The molecule has 0 spiro atoms. The Balaban J connectivity index is 0.751. The molecule has 374 valence electrons. The number of ether oxygens (including phenoxy) is 2. The molecule has 2 aromatic carbocycles. The Hall–Kier alpha value is 2.63. The van der Waals surface area contributed by atoms with Crippen LogP contribution in [0.1, 0.15) is 141 Å². The van der Waals surface area contributed by atoms with Crippen LogP contribution in [0.4, 0.5) is 0 Å². The summed E-state index contributed by atoms with van der Waals surface area (Å²) in [6, 6.07) is 16.2. The van der Waals surface area contributed by atoms with Crippen molar-refractivity contribution in [2.24, 2.45) is 0 Å². The molecule has 0 N–H and O–H groups in total. The fourth-order valence-corrected chi connectivity index (χ4v) is 38.7. The van der Waals surface area contributed by atoms with Crippen molar-refractivity contribution in [3.05, 3.63) is 59.7 Å². The summed E-state index contributed by atoms with van der Waals surface area (Å²) in [5, 5.41) is 7.76. The lowest BCUT2D eigenvalue weighted by Crippen LogP contribution is -2.40. The number of rotatable bonds is 24. The van der Waals surface area contributed by atoms with Gasteiger partial charge >= 0.3 is 11.9 Å². The number of aryl methyl sites for hydroxylation is 2. The van der Waals surface area contributed by atoms with E-state index in [1.807, 2.05) is 50.2 Å². The number of esters is 2. The first-order valence-corrected chi connectivity index (χ1v) is 42.2. The van der Waals surface area contributed by atoms with Gasteiger partial charge in [-0.1, -0.05) is 197 Å². The first kappa shape index (κ1) is 57.3. The third-order valence-electron chi connectivity index (χ3n) is 12.6. The summed E-state index contributed by atoms with van der Waals surface area (Å²) in [7, 11) is 30.4. The van der Waals surface area contributed by atoms with Gasteiger partial charge in [0.1, 0.15) is 11.5 Å². The fraction of sp³-hybridized carbons (Fsp3) is 0.708. The van der Waals surface area contributed by atoms with E-state index in [1.165, 1.54) is 125 Å². The fourth-order valence-electron chi connectivity index (χ4n) is 8.70. The number of thioether (sulfide) groups is 1. The minimum atomic E-state index is -0.167. The Morgan fingerprint density at radius 1 is 0.493 bits per heavy atom. The molecule has 4 bridgehead atoms. The van der Waals surface area contributed by atoms with Crippen LogP contribution in [-0.2, 0) is 22.4 Å². The van der Waals surface area contributed by atoms with Crippen LogP contribution in [0.25, 0.3) is 0 Å². The number of carbonyl (C=O) groups excluding carboxylic acids is 2. The smallest absolute Gasteiger partial charge is 0.310 e. The highest BCUT2D eigenvalue weighted by molar-refractivity contribution is 9.26. The summed E-state index contributed by atoms with van der Waals surface area (Å²) < 4.78 is 10.8. The van der Waals surface area contributed by atoms with Crippen LogP contribution in [0.5, 0.6) is 11.5 Å². The van der Waals surface area contributed by atoms with Gasteiger partial charge in [0.2, 0.25) is 0 Å². The molecule has 0 radical (unpaired) electrons. The van der Waals surface area contributed by atoms with Crippen molar-refractivity contribution in [1.29, 1.82) is 0 Å². The lowest BCUT2D eigenvalue weighted by Gasteiger charge is -2.42. The minimum Gasteiger partial charge on any atom is -0.427 e. The highest BCUT2D eigenvalue weighted by Crippen LogP contribution is 2.62. The topological polar surface area (TPSA) is 52.6 Å². The molecule has 10 atom stereocenters. The second kappa shape index (κ2) is 32.9. The zero-order chi connectivity index (χ0) is 46.5. The van der Waals surface area contributed by atoms with Gasteiger partial charge in [0.05, 0.1) is 0 Å². The molecule has 67 heavy (non-hydrogen) atoms. The SMILES string of the molecule is CCC(=O)Oc1cccc(CCCCCCCC2SSSSC(CC3CSSCC(CC4SSSSC(CCCCCCCc5cccc(OC(=O)CC)c5)C5CC4S5)SS3)C3CC2SS3)c1. The number of hydrogen-bond donors (Lipinski definition) is 0. The van der Waals surface area contributed by atoms with E-state index in [2.05, 4.69) is 171 Å². The monoisotopic (exact) mass is 1190 g/mol. The summed E-state index contributed by atoms with van der Waals surface area (Å²) in [5.41, 5.74) is 2.54.